The lowest BCUT2D eigenvalue weighted by Gasteiger charge is -2.07. The highest BCUT2D eigenvalue weighted by molar-refractivity contribution is 7.94. The van der Waals surface area contributed by atoms with Crippen LogP contribution in [-0.4, -0.2) is 49.6 Å². The van der Waals surface area contributed by atoms with Gasteiger partial charge in [-0.05, 0) is 0 Å². The number of hydrogen-bond acceptors (Lipinski definition) is 6. The zero-order valence-corrected chi connectivity index (χ0v) is 10.6. The van der Waals surface area contributed by atoms with Gasteiger partial charge in [0.2, 0.25) is 0 Å². The third-order valence-corrected chi connectivity index (χ3v) is 5.37. The predicted molar refractivity (Wildman–Crippen MR) is 61.7 cm³/mol. The molecule has 5 nitrogen and oxygen atoms in total. The van der Waals surface area contributed by atoms with Crippen molar-refractivity contribution in [2.24, 2.45) is 0 Å². The van der Waals surface area contributed by atoms with Crippen LogP contribution in [-0.2, 0) is 20.0 Å². The fraction of sp³-hybridized carbons (Fsp3) is 1.00. The van der Waals surface area contributed by atoms with E-state index in [9.17, 15) is 16.8 Å². The molecule has 1 atom stereocenters. The summed E-state index contributed by atoms with van der Waals surface area (Å²) >= 11 is 7.77. The molecule has 0 bridgehead atoms. The monoisotopic (exact) mass is 280 g/mol. The Morgan fingerprint density at radius 1 is 1.14 bits per heavy atom. The smallest absolute Gasteiger partial charge is 0.265 e. The molecule has 0 aromatic carbocycles. The molecule has 14 heavy (non-hydrogen) atoms. The third kappa shape index (κ3) is 7.92. The average Bonchev–Trinajstić information content (AvgIpc) is 1.99. The van der Waals surface area contributed by atoms with Gasteiger partial charge in [0.25, 0.3) is 10.1 Å². The lowest BCUT2D eigenvalue weighted by atomic mass is 10.6. The fourth-order valence-corrected chi connectivity index (χ4v) is 4.38. The summed E-state index contributed by atoms with van der Waals surface area (Å²) in [5.74, 6) is -1.32. The summed E-state index contributed by atoms with van der Waals surface area (Å²) in [6.07, 6.45) is 0. The van der Waals surface area contributed by atoms with Crippen molar-refractivity contribution in [1.82, 2.24) is 0 Å². The van der Waals surface area contributed by atoms with Crippen LogP contribution in [0.2, 0.25) is 0 Å². The Balaban J connectivity index is 4.24. The van der Waals surface area contributed by atoms with Gasteiger partial charge in [0, 0.05) is 11.0 Å². The molecule has 1 unspecified atom stereocenters. The maximum atomic E-state index is 11.2. The summed E-state index contributed by atoms with van der Waals surface area (Å²) in [5.41, 5.74) is 0. The number of thiol groups is 2. The average molecular weight is 280 g/mol. The van der Waals surface area contributed by atoms with Crippen molar-refractivity contribution in [1.29, 1.82) is 0 Å². The van der Waals surface area contributed by atoms with E-state index in [1.807, 2.05) is 0 Å². The number of hydrogen-bond donors (Lipinski definition) is 3. The first-order chi connectivity index (χ1) is 6.16. The van der Waals surface area contributed by atoms with Crippen molar-refractivity contribution < 1.29 is 21.4 Å². The molecule has 0 aromatic rings. The minimum Gasteiger partial charge on any atom is -0.286 e. The van der Waals surface area contributed by atoms with Crippen LogP contribution in [0.25, 0.3) is 0 Å². The lowest BCUT2D eigenvalue weighted by molar-refractivity contribution is 0.484. The van der Waals surface area contributed by atoms with Crippen LogP contribution >= 0.6 is 25.3 Å². The normalized spacial score (nSPS) is 15.4. The quantitative estimate of drug-likeness (QED) is 0.452. The second kappa shape index (κ2) is 5.59. The molecule has 0 aliphatic heterocycles. The van der Waals surface area contributed by atoms with Crippen molar-refractivity contribution in [2.45, 2.75) is 5.25 Å². The molecule has 0 rings (SSSR count). The Morgan fingerprint density at radius 3 is 2.00 bits per heavy atom. The van der Waals surface area contributed by atoms with Gasteiger partial charge < -0.3 is 0 Å². The van der Waals surface area contributed by atoms with Crippen LogP contribution in [0.1, 0.15) is 0 Å². The molecule has 0 aliphatic rings. The topological polar surface area (TPSA) is 88.5 Å². The summed E-state index contributed by atoms with van der Waals surface area (Å²) < 4.78 is 51.3. The first kappa shape index (κ1) is 14.6. The molecule has 0 aliphatic carbocycles. The molecule has 0 amide bonds. The Morgan fingerprint density at radius 2 is 1.64 bits per heavy atom. The molecule has 0 fully saturated rings. The Kier molecular flexibility index (Phi) is 5.81. The minimum atomic E-state index is -4.22. The van der Waals surface area contributed by atoms with E-state index in [4.69, 9.17) is 4.55 Å². The van der Waals surface area contributed by atoms with Crippen molar-refractivity contribution in [2.75, 3.05) is 23.0 Å². The van der Waals surface area contributed by atoms with Crippen LogP contribution in [0.15, 0.2) is 0 Å². The highest BCUT2D eigenvalue weighted by Crippen LogP contribution is 2.04. The van der Waals surface area contributed by atoms with Gasteiger partial charge in [-0.2, -0.15) is 33.7 Å². The Labute approximate surface area is 94.8 Å². The summed E-state index contributed by atoms with van der Waals surface area (Å²) in [4.78, 5) is 0. The van der Waals surface area contributed by atoms with Crippen LogP contribution in [0.4, 0.5) is 0 Å². The van der Waals surface area contributed by atoms with E-state index in [1.165, 1.54) is 0 Å². The van der Waals surface area contributed by atoms with Crippen LogP contribution in [0, 0.1) is 0 Å². The Hall–Kier alpha value is 0.560. The first-order valence-electron chi connectivity index (χ1n) is 3.61. The van der Waals surface area contributed by atoms with Gasteiger partial charge in [-0.1, -0.05) is 0 Å². The van der Waals surface area contributed by atoms with E-state index >= 15 is 0 Å². The minimum absolute atomic E-state index is 0.241. The maximum Gasteiger partial charge on any atom is 0.265 e. The summed E-state index contributed by atoms with van der Waals surface area (Å²) in [6, 6.07) is 0. The predicted octanol–water partition coefficient (Wildman–Crippen LogP) is -0.483. The van der Waals surface area contributed by atoms with Gasteiger partial charge in [-0.25, -0.2) is 8.42 Å². The zero-order chi connectivity index (χ0) is 11.4. The van der Waals surface area contributed by atoms with Crippen molar-refractivity contribution in [3.8, 4) is 0 Å². The highest BCUT2D eigenvalue weighted by atomic mass is 32.2. The maximum absolute atomic E-state index is 11.2. The molecule has 0 radical (unpaired) electrons. The molecular formula is C5H12O5S4. The van der Waals surface area contributed by atoms with Crippen LogP contribution in [0.5, 0.6) is 0 Å². The Bertz CT molecular complexity index is 356. The van der Waals surface area contributed by atoms with Crippen LogP contribution < -0.4 is 0 Å². The second-order valence-corrected chi connectivity index (χ2v) is 7.63. The van der Waals surface area contributed by atoms with E-state index in [0.717, 1.165) is 0 Å². The first-order valence-corrected chi connectivity index (χ1v) is 8.19. The SMILES string of the molecule is O=S(=O)(O)CCS(=O)(=O)CC(S)CS. The summed E-state index contributed by atoms with van der Waals surface area (Å²) in [6.45, 7) is 0. The molecule has 0 saturated heterocycles. The van der Waals surface area contributed by atoms with Gasteiger partial charge in [0.1, 0.15) is 0 Å². The number of rotatable bonds is 6. The molecule has 86 valence electrons. The van der Waals surface area contributed by atoms with Crippen molar-refractivity contribution >= 4 is 45.2 Å². The van der Waals surface area contributed by atoms with Gasteiger partial charge in [-0.3, -0.25) is 4.55 Å². The van der Waals surface area contributed by atoms with Gasteiger partial charge in [0.05, 0.1) is 17.3 Å². The number of sulfone groups is 1. The van der Waals surface area contributed by atoms with E-state index in [-0.39, 0.29) is 11.5 Å². The van der Waals surface area contributed by atoms with E-state index in [1.54, 1.807) is 0 Å². The van der Waals surface area contributed by atoms with Gasteiger partial charge >= 0.3 is 0 Å². The molecule has 1 N–H and O–H groups in total. The van der Waals surface area contributed by atoms with Crippen LogP contribution in [0.3, 0.4) is 0 Å². The molecule has 9 heteroatoms. The molecule has 0 aromatic heterocycles. The fourth-order valence-electron chi connectivity index (χ4n) is 0.661. The summed E-state index contributed by atoms with van der Waals surface area (Å²) in [7, 11) is -7.71. The highest BCUT2D eigenvalue weighted by Gasteiger charge is 2.18. The molecule has 0 saturated carbocycles. The molecule has 0 heterocycles. The summed E-state index contributed by atoms with van der Waals surface area (Å²) in [5, 5.41) is -0.426. The van der Waals surface area contributed by atoms with Crippen molar-refractivity contribution in [3.63, 3.8) is 0 Å². The van der Waals surface area contributed by atoms with E-state index < -0.39 is 36.7 Å². The van der Waals surface area contributed by atoms with E-state index in [0.29, 0.717) is 0 Å². The molecular weight excluding hydrogens is 268 g/mol. The second-order valence-electron chi connectivity index (χ2n) is 2.74. The van der Waals surface area contributed by atoms with Crippen molar-refractivity contribution in [3.05, 3.63) is 0 Å². The van der Waals surface area contributed by atoms with E-state index in [2.05, 4.69) is 25.3 Å². The third-order valence-electron chi connectivity index (χ3n) is 1.31. The zero-order valence-electron chi connectivity index (χ0n) is 7.20. The van der Waals surface area contributed by atoms with Gasteiger partial charge in [0.15, 0.2) is 9.84 Å². The molecule has 0 spiro atoms. The largest absolute Gasteiger partial charge is 0.286 e. The standard InChI is InChI=1S/C5H12O5S4/c6-13(7,4-5(12)3-11)1-2-14(8,9)10/h5,11-12H,1-4H2,(H,8,9,10). The lowest BCUT2D eigenvalue weighted by Crippen LogP contribution is -2.24. The van der Waals surface area contributed by atoms with Gasteiger partial charge in [-0.15, -0.1) is 0 Å².